The summed E-state index contributed by atoms with van der Waals surface area (Å²) in [6.45, 7) is 4.38. The Labute approximate surface area is 154 Å². The van der Waals surface area contributed by atoms with Crippen LogP contribution in [0.5, 0.6) is 0 Å². The number of amides is 2. The third-order valence-electron chi connectivity index (χ3n) is 5.44. The van der Waals surface area contributed by atoms with Gasteiger partial charge in [-0.2, -0.15) is 0 Å². The van der Waals surface area contributed by atoms with Crippen molar-refractivity contribution >= 4 is 17.4 Å². The molecule has 6 nitrogen and oxygen atoms in total. The first-order valence-corrected chi connectivity index (χ1v) is 9.34. The molecule has 1 aromatic heterocycles. The van der Waals surface area contributed by atoms with Crippen LogP contribution < -0.4 is 15.1 Å². The molecule has 3 heterocycles. The van der Waals surface area contributed by atoms with Gasteiger partial charge in [-0.25, -0.2) is 4.79 Å². The average molecular weight is 354 g/mol. The molecule has 2 amide bonds. The minimum absolute atomic E-state index is 0.000379. The van der Waals surface area contributed by atoms with E-state index in [1.807, 2.05) is 29.2 Å². The monoisotopic (exact) mass is 354 g/mol. The van der Waals surface area contributed by atoms with Gasteiger partial charge in [0, 0.05) is 43.6 Å². The van der Waals surface area contributed by atoms with Crippen LogP contribution in [0.1, 0.15) is 18.6 Å². The van der Waals surface area contributed by atoms with E-state index in [0.717, 1.165) is 57.0 Å². The van der Waals surface area contributed by atoms with Crippen molar-refractivity contribution < 1.29 is 9.21 Å². The summed E-state index contributed by atoms with van der Waals surface area (Å²) in [5.74, 6) is 1.02. The summed E-state index contributed by atoms with van der Waals surface area (Å²) in [5.41, 5.74) is 2.18. The van der Waals surface area contributed by atoms with Crippen molar-refractivity contribution in [3.63, 3.8) is 0 Å². The number of carbonyl (C=O) groups is 1. The number of anilines is 2. The van der Waals surface area contributed by atoms with Gasteiger partial charge in [0.2, 0.25) is 0 Å². The topological polar surface area (TPSA) is 52.0 Å². The van der Waals surface area contributed by atoms with Crippen LogP contribution in [0, 0.1) is 0 Å². The highest BCUT2D eigenvalue weighted by Crippen LogP contribution is 2.27. The average Bonchev–Trinajstić information content (AvgIpc) is 3.33. The van der Waals surface area contributed by atoms with Crippen molar-refractivity contribution in [2.24, 2.45) is 0 Å². The van der Waals surface area contributed by atoms with Gasteiger partial charge in [-0.15, -0.1) is 0 Å². The van der Waals surface area contributed by atoms with E-state index in [0.29, 0.717) is 6.04 Å². The summed E-state index contributed by atoms with van der Waals surface area (Å²) in [4.78, 5) is 18.5. The lowest BCUT2D eigenvalue weighted by atomic mass is 10.0. The van der Waals surface area contributed by atoms with Gasteiger partial charge in [-0.05, 0) is 50.2 Å². The molecule has 0 aliphatic carbocycles. The van der Waals surface area contributed by atoms with Crippen LogP contribution in [0.15, 0.2) is 47.1 Å². The zero-order valence-corrected chi connectivity index (χ0v) is 15.2. The van der Waals surface area contributed by atoms with E-state index in [4.69, 9.17) is 4.42 Å². The van der Waals surface area contributed by atoms with Crippen molar-refractivity contribution in [3.05, 3.63) is 48.4 Å². The molecular weight excluding hydrogens is 328 g/mol. The zero-order chi connectivity index (χ0) is 17.9. The number of rotatable bonds is 5. The first-order valence-electron chi connectivity index (χ1n) is 9.34. The number of hydrogen-bond acceptors (Lipinski definition) is 4. The lowest BCUT2D eigenvalue weighted by Gasteiger charge is -2.37. The van der Waals surface area contributed by atoms with Crippen molar-refractivity contribution in [2.45, 2.75) is 25.4 Å². The van der Waals surface area contributed by atoms with Gasteiger partial charge in [0.05, 0.1) is 12.8 Å². The first-order chi connectivity index (χ1) is 12.7. The van der Waals surface area contributed by atoms with Gasteiger partial charge in [-0.1, -0.05) is 6.07 Å². The Kier molecular flexibility index (Phi) is 4.84. The molecule has 138 valence electrons. The Morgan fingerprint density at radius 3 is 2.65 bits per heavy atom. The third kappa shape index (κ3) is 3.55. The Morgan fingerprint density at radius 1 is 1.15 bits per heavy atom. The van der Waals surface area contributed by atoms with Crippen LogP contribution in [0.25, 0.3) is 0 Å². The van der Waals surface area contributed by atoms with Crippen molar-refractivity contribution in [1.82, 2.24) is 10.2 Å². The predicted octanol–water partition coefficient (Wildman–Crippen LogP) is 2.91. The second-order valence-electron chi connectivity index (χ2n) is 7.12. The highest BCUT2D eigenvalue weighted by atomic mass is 16.3. The Bertz CT molecular complexity index is 738. The van der Waals surface area contributed by atoms with Crippen molar-refractivity contribution in [3.8, 4) is 0 Å². The Hall–Kier alpha value is -2.47. The van der Waals surface area contributed by atoms with Crippen LogP contribution >= 0.6 is 0 Å². The molecular formula is C20H26N4O2. The van der Waals surface area contributed by atoms with E-state index >= 15 is 0 Å². The van der Waals surface area contributed by atoms with Crippen LogP contribution in [-0.2, 0) is 6.54 Å². The number of hydrogen-bond donors (Lipinski definition) is 1. The molecule has 1 N–H and O–H groups in total. The highest BCUT2D eigenvalue weighted by Gasteiger charge is 2.25. The van der Waals surface area contributed by atoms with Gasteiger partial charge in [0.15, 0.2) is 0 Å². The molecule has 4 rings (SSSR count). The van der Waals surface area contributed by atoms with Gasteiger partial charge in [-0.3, -0.25) is 9.80 Å². The largest absolute Gasteiger partial charge is 0.468 e. The smallest absolute Gasteiger partial charge is 0.321 e. The Morgan fingerprint density at radius 2 is 1.96 bits per heavy atom. The van der Waals surface area contributed by atoms with Crippen LogP contribution in [0.2, 0.25) is 0 Å². The van der Waals surface area contributed by atoms with E-state index < -0.39 is 0 Å². The summed E-state index contributed by atoms with van der Waals surface area (Å²) < 4.78 is 5.47. The number of furan rings is 1. The standard InChI is InChI=1S/C20H26N4O2/c1-22(15-19-6-3-13-26-19)16-7-10-23(11-8-16)17-4-2-5-18(14-17)24-12-9-21-20(24)25/h2-6,13-14,16H,7-12,15H2,1H3,(H,21,25). The van der Waals surface area contributed by atoms with E-state index in [1.54, 1.807) is 6.26 Å². The minimum atomic E-state index is 0.000379. The molecule has 0 bridgehead atoms. The molecule has 0 unspecified atom stereocenters. The summed E-state index contributed by atoms with van der Waals surface area (Å²) in [5, 5.41) is 2.86. The summed E-state index contributed by atoms with van der Waals surface area (Å²) in [7, 11) is 2.18. The maximum atomic E-state index is 11.9. The molecule has 2 aliphatic heterocycles. The van der Waals surface area contributed by atoms with E-state index in [-0.39, 0.29) is 6.03 Å². The molecule has 2 fully saturated rings. The molecule has 1 aromatic carbocycles. The number of urea groups is 1. The van der Waals surface area contributed by atoms with Crippen LogP contribution in [-0.4, -0.2) is 50.2 Å². The molecule has 0 atom stereocenters. The third-order valence-corrected chi connectivity index (χ3v) is 5.44. The number of benzene rings is 1. The minimum Gasteiger partial charge on any atom is -0.468 e. The van der Waals surface area contributed by atoms with Gasteiger partial charge < -0.3 is 14.6 Å². The van der Waals surface area contributed by atoms with E-state index in [9.17, 15) is 4.79 Å². The van der Waals surface area contributed by atoms with Gasteiger partial charge >= 0.3 is 6.03 Å². The predicted molar refractivity (Wildman–Crippen MR) is 103 cm³/mol. The zero-order valence-electron chi connectivity index (χ0n) is 15.2. The number of nitrogens with one attached hydrogen (secondary N) is 1. The molecule has 2 aliphatic rings. The fourth-order valence-corrected chi connectivity index (χ4v) is 3.92. The first kappa shape index (κ1) is 17.0. The molecule has 0 radical (unpaired) electrons. The second-order valence-corrected chi connectivity index (χ2v) is 7.12. The summed E-state index contributed by atoms with van der Waals surface area (Å²) in [6, 6.07) is 12.9. The van der Waals surface area contributed by atoms with E-state index in [2.05, 4.69) is 34.3 Å². The maximum absolute atomic E-state index is 11.9. The van der Waals surface area contributed by atoms with E-state index in [1.165, 1.54) is 5.69 Å². The van der Waals surface area contributed by atoms with Gasteiger partial charge in [0.25, 0.3) is 0 Å². The van der Waals surface area contributed by atoms with Crippen molar-refractivity contribution in [1.29, 1.82) is 0 Å². The number of nitrogens with zero attached hydrogens (tertiary/aromatic N) is 3. The molecule has 26 heavy (non-hydrogen) atoms. The number of piperidine rings is 1. The lowest BCUT2D eigenvalue weighted by Crippen LogP contribution is -2.43. The van der Waals surface area contributed by atoms with Gasteiger partial charge in [0.1, 0.15) is 5.76 Å². The van der Waals surface area contributed by atoms with Crippen LogP contribution in [0.4, 0.5) is 16.2 Å². The molecule has 0 saturated carbocycles. The molecule has 2 saturated heterocycles. The normalized spacial score (nSPS) is 18.6. The fourth-order valence-electron chi connectivity index (χ4n) is 3.92. The number of carbonyl (C=O) groups excluding carboxylic acids is 1. The van der Waals surface area contributed by atoms with Crippen LogP contribution in [0.3, 0.4) is 0 Å². The molecule has 2 aromatic rings. The molecule has 0 spiro atoms. The summed E-state index contributed by atoms with van der Waals surface area (Å²) in [6.07, 6.45) is 4.00. The molecule has 6 heteroatoms. The SMILES string of the molecule is CN(Cc1ccco1)C1CCN(c2cccc(N3CCNC3=O)c2)CC1. The quantitative estimate of drug-likeness (QED) is 0.897. The maximum Gasteiger partial charge on any atom is 0.321 e. The Balaban J connectivity index is 1.36. The van der Waals surface area contributed by atoms with Crippen molar-refractivity contribution in [2.75, 3.05) is 43.0 Å². The fraction of sp³-hybridized carbons (Fsp3) is 0.450. The lowest BCUT2D eigenvalue weighted by molar-refractivity contribution is 0.187. The summed E-state index contributed by atoms with van der Waals surface area (Å²) >= 11 is 0. The highest BCUT2D eigenvalue weighted by molar-refractivity contribution is 5.94. The second kappa shape index (κ2) is 7.41.